The fourth-order valence-corrected chi connectivity index (χ4v) is 6.23. The van der Waals surface area contributed by atoms with Crippen LogP contribution in [-0.4, -0.2) is 64.4 Å². The summed E-state index contributed by atoms with van der Waals surface area (Å²) < 4.78 is 24.7. The maximum atomic E-state index is 12.5. The zero-order chi connectivity index (χ0) is 21.3. The number of sulfone groups is 1. The summed E-state index contributed by atoms with van der Waals surface area (Å²) in [4.78, 5) is 14.0. The summed E-state index contributed by atoms with van der Waals surface area (Å²) in [7, 11) is -1.39. The summed E-state index contributed by atoms with van der Waals surface area (Å²) in [6.07, 6.45) is 1.01. The molecule has 1 amide bonds. The molecule has 1 aromatic heterocycles. The summed E-state index contributed by atoms with van der Waals surface area (Å²) >= 11 is 1.20. The van der Waals surface area contributed by atoms with Gasteiger partial charge in [-0.05, 0) is 22.8 Å². The molecule has 1 fully saturated rings. The Labute approximate surface area is 179 Å². The Hall–Kier alpha value is -2.59. The molecule has 1 aliphatic rings. The molecule has 1 aliphatic heterocycles. The van der Waals surface area contributed by atoms with E-state index in [1.807, 2.05) is 24.3 Å². The molecular weight excluding hydrogens is 422 g/mol. The molecule has 0 radical (unpaired) electrons. The van der Waals surface area contributed by atoms with Crippen LogP contribution in [0.2, 0.25) is 0 Å². The first kappa shape index (κ1) is 20.7. The summed E-state index contributed by atoms with van der Waals surface area (Å²) in [5.41, 5.74) is 1.10. The fraction of sp³-hybridized carbons (Fsp3) is 0.350. The van der Waals surface area contributed by atoms with Crippen LogP contribution in [-0.2, 0) is 21.1 Å². The van der Waals surface area contributed by atoms with E-state index in [0.717, 1.165) is 16.3 Å². The number of benzene rings is 2. The van der Waals surface area contributed by atoms with Crippen LogP contribution >= 0.6 is 11.8 Å². The Morgan fingerprint density at radius 2 is 2.00 bits per heavy atom. The number of thioether (sulfide) groups is 1. The lowest BCUT2D eigenvalue weighted by Crippen LogP contribution is -2.38. The number of carbonyl (C=O) groups is 1. The van der Waals surface area contributed by atoms with Crippen LogP contribution < -0.4 is 5.84 Å². The third-order valence-corrected chi connectivity index (χ3v) is 8.12. The Bertz CT molecular complexity index is 1190. The fourth-order valence-electron chi connectivity index (χ4n) is 3.66. The molecule has 0 bridgehead atoms. The van der Waals surface area contributed by atoms with Crippen LogP contribution in [0.1, 0.15) is 17.8 Å². The third-order valence-electron chi connectivity index (χ3n) is 5.44. The predicted molar refractivity (Wildman–Crippen MR) is 117 cm³/mol. The molecule has 30 heavy (non-hydrogen) atoms. The number of amides is 1. The number of aromatic nitrogens is 3. The SMILES string of the molecule is CN(C(=O)CSc1nnc(Cc2cccc3ccccc23)n1N)[C@H]1CCS(=O)(=O)C1. The highest BCUT2D eigenvalue weighted by Gasteiger charge is 2.32. The number of nitrogen functional groups attached to an aromatic ring is 1. The standard InChI is InChI=1S/C20H23N5O3S2/c1-24(16-9-10-30(27,28)13-16)19(26)12-29-20-23-22-18(25(20)21)11-15-7-4-6-14-5-2-3-8-17(14)15/h2-8,16H,9-13,21H2,1H3/t16-/m0/s1. The Morgan fingerprint density at radius 3 is 2.77 bits per heavy atom. The Kier molecular flexibility index (Phi) is 5.70. The van der Waals surface area contributed by atoms with Gasteiger partial charge in [-0.25, -0.2) is 13.1 Å². The molecule has 1 saturated heterocycles. The molecule has 158 valence electrons. The molecule has 0 spiro atoms. The van der Waals surface area contributed by atoms with Crippen molar-refractivity contribution >= 4 is 38.3 Å². The van der Waals surface area contributed by atoms with Gasteiger partial charge in [0.15, 0.2) is 15.7 Å². The van der Waals surface area contributed by atoms with Gasteiger partial charge in [0.1, 0.15) is 0 Å². The number of hydrogen-bond donors (Lipinski definition) is 1. The molecule has 2 aromatic carbocycles. The van der Waals surface area contributed by atoms with E-state index in [0.29, 0.717) is 23.8 Å². The largest absolute Gasteiger partial charge is 0.341 e. The second kappa shape index (κ2) is 8.27. The lowest BCUT2D eigenvalue weighted by Gasteiger charge is -2.23. The topological polar surface area (TPSA) is 111 Å². The Morgan fingerprint density at radius 1 is 1.23 bits per heavy atom. The van der Waals surface area contributed by atoms with Crippen molar-refractivity contribution in [2.45, 2.75) is 24.0 Å². The van der Waals surface area contributed by atoms with E-state index in [9.17, 15) is 13.2 Å². The summed E-state index contributed by atoms with van der Waals surface area (Å²) in [6, 6.07) is 14.0. The maximum Gasteiger partial charge on any atom is 0.233 e. The van der Waals surface area contributed by atoms with E-state index in [2.05, 4.69) is 28.4 Å². The summed E-state index contributed by atoms with van der Waals surface area (Å²) in [6.45, 7) is 0. The smallest absolute Gasteiger partial charge is 0.233 e. The molecule has 2 N–H and O–H groups in total. The van der Waals surface area contributed by atoms with Crippen molar-refractivity contribution in [2.75, 3.05) is 30.1 Å². The van der Waals surface area contributed by atoms with Crippen LogP contribution in [0.3, 0.4) is 0 Å². The van der Waals surface area contributed by atoms with Crippen LogP contribution in [0.15, 0.2) is 47.6 Å². The highest BCUT2D eigenvalue weighted by molar-refractivity contribution is 7.99. The zero-order valence-corrected chi connectivity index (χ0v) is 18.2. The second-order valence-electron chi connectivity index (χ2n) is 7.43. The van der Waals surface area contributed by atoms with Crippen molar-refractivity contribution in [2.24, 2.45) is 0 Å². The van der Waals surface area contributed by atoms with Gasteiger partial charge in [0.05, 0.1) is 17.3 Å². The van der Waals surface area contributed by atoms with Crippen LogP contribution in [0.4, 0.5) is 0 Å². The minimum atomic E-state index is -3.04. The van der Waals surface area contributed by atoms with E-state index in [4.69, 9.17) is 5.84 Å². The summed E-state index contributed by atoms with van der Waals surface area (Å²) in [5.74, 6) is 6.93. The molecule has 0 saturated carbocycles. The second-order valence-corrected chi connectivity index (χ2v) is 10.6. The molecule has 1 atom stereocenters. The van der Waals surface area contributed by atoms with E-state index in [1.165, 1.54) is 21.3 Å². The van der Waals surface area contributed by atoms with Gasteiger partial charge in [-0.15, -0.1) is 10.2 Å². The molecule has 8 nitrogen and oxygen atoms in total. The first-order valence-electron chi connectivity index (χ1n) is 9.59. The lowest BCUT2D eigenvalue weighted by atomic mass is 10.0. The highest BCUT2D eigenvalue weighted by Crippen LogP contribution is 2.23. The van der Waals surface area contributed by atoms with Gasteiger partial charge >= 0.3 is 0 Å². The number of nitrogens with zero attached hydrogens (tertiary/aromatic N) is 4. The Balaban J connectivity index is 1.42. The minimum absolute atomic E-state index is 0.0299. The number of carbonyl (C=O) groups excluding carboxylic acids is 1. The van der Waals surface area contributed by atoms with Crippen molar-refractivity contribution in [3.63, 3.8) is 0 Å². The van der Waals surface area contributed by atoms with E-state index < -0.39 is 9.84 Å². The average molecular weight is 446 g/mol. The lowest BCUT2D eigenvalue weighted by molar-refractivity contribution is -0.128. The van der Waals surface area contributed by atoms with Gasteiger partial charge in [-0.3, -0.25) is 4.79 Å². The van der Waals surface area contributed by atoms with Gasteiger partial charge in [0.2, 0.25) is 11.1 Å². The molecule has 10 heteroatoms. The average Bonchev–Trinajstić information content (AvgIpc) is 3.27. The van der Waals surface area contributed by atoms with Crippen molar-refractivity contribution in [1.82, 2.24) is 19.8 Å². The van der Waals surface area contributed by atoms with Gasteiger partial charge in [0, 0.05) is 19.5 Å². The van der Waals surface area contributed by atoms with Gasteiger partial charge in [-0.2, -0.15) is 0 Å². The van der Waals surface area contributed by atoms with Gasteiger partial charge in [-0.1, -0.05) is 54.2 Å². The van der Waals surface area contributed by atoms with Gasteiger partial charge < -0.3 is 10.7 Å². The summed E-state index contributed by atoms with van der Waals surface area (Å²) in [5, 5.41) is 11.1. The molecule has 0 unspecified atom stereocenters. The van der Waals surface area contributed by atoms with E-state index >= 15 is 0 Å². The number of hydrogen-bond acceptors (Lipinski definition) is 7. The molecule has 0 aliphatic carbocycles. The number of nitrogens with two attached hydrogens (primary N) is 1. The molecule has 4 rings (SSSR count). The van der Waals surface area contributed by atoms with E-state index in [-0.39, 0.29) is 29.2 Å². The highest BCUT2D eigenvalue weighted by atomic mass is 32.2. The monoisotopic (exact) mass is 445 g/mol. The number of fused-ring (bicyclic) bond motifs is 1. The van der Waals surface area contributed by atoms with Crippen molar-refractivity contribution < 1.29 is 13.2 Å². The van der Waals surface area contributed by atoms with Gasteiger partial charge in [0.25, 0.3) is 0 Å². The first-order chi connectivity index (χ1) is 14.3. The zero-order valence-electron chi connectivity index (χ0n) is 16.6. The first-order valence-corrected chi connectivity index (χ1v) is 12.4. The number of rotatable bonds is 6. The van der Waals surface area contributed by atoms with Crippen LogP contribution in [0.25, 0.3) is 10.8 Å². The third kappa shape index (κ3) is 4.29. The van der Waals surface area contributed by atoms with Crippen molar-refractivity contribution in [3.8, 4) is 0 Å². The quantitative estimate of drug-likeness (QED) is 0.452. The molecule has 2 heterocycles. The van der Waals surface area contributed by atoms with E-state index in [1.54, 1.807) is 7.05 Å². The van der Waals surface area contributed by atoms with Crippen molar-refractivity contribution in [1.29, 1.82) is 0 Å². The maximum absolute atomic E-state index is 12.5. The van der Waals surface area contributed by atoms with Crippen molar-refractivity contribution in [3.05, 3.63) is 53.9 Å². The molecular formula is C20H23N5O3S2. The predicted octanol–water partition coefficient (Wildman–Crippen LogP) is 1.47. The minimum Gasteiger partial charge on any atom is -0.341 e. The normalized spacial score (nSPS) is 18.0. The van der Waals surface area contributed by atoms with Crippen LogP contribution in [0.5, 0.6) is 0 Å². The van der Waals surface area contributed by atoms with Crippen LogP contribution in [0, 0.1) is 0 Å². The molecule has 3 aromatic rings.